The van der Waals surface area contributed by atoms with Crippen LogP contribution in [0.15, 0.2) is 72.8 Å². The average Bonchev–Trinajstić information content (AvgIpc) is 3.12. The third-order valence-corrected chi connectivity index (χ3v) is 5.86. The maximum atomic E-state index is 13.5. The zero-order chi connectivity index (χ0) is 23.5. The molecule has 0 aliphatic carbocycles. The summed E-state index contributed by atoms with van der Waals surface area (Å²) in [6.45, 7) is 4.17. The molecular weight excluding hydrogens is 416 g/mol. The molecule has 1 aliphatic heterocycles. The van der Waals surface area contributed by atoms with Gasteiger partial charge >= 0.3 is 0 Å². The second kappa shape index (κ2) is 9.28. The molecule has 6 heteroatoms. The highest BCUT2D eigenvalue weighted by atomic mass is 16.5. The van der Waals surface area contributed by atoms with E-state index in [0.717, 1.165) is 21.6 Å². The Morgan fingerprint density at radius 2 is 1.48 bits per heavy atom. The summed E-state index contributed by atoms with van der Waals surface area (Å²) in [6, 6.07) is 20.9. The predicted molar refractivity (Wildman–Crippen MR) is 126 cm³/mol. The lowest BCUT2D eigenvalue weighted by Crippen LogP contribution is -2.45. The molecule has 0 saturated carbocycles. The number of methoxy groups -OCH3 is 1. The zero-order valence-electron chi connectivity index (χ0n) is 18.9. The number of aryl methyl sites for hydroxylation is 2. The molecule has 1 saturated heterocycles. The largest absolute Gasteiger partial charge is 0.497 e. The number of hydrogen-bond donors (Lipinski definition) is 0. The normalized spacial score (nSPS) is 15.6. The summed E-state index contributed by atoms with van der Waals surface area (Å²) in [5.74, 6) is -0.387. The first kappa shape index (κ1) is 22.3. The van der Waals surface area contributed by atoms with Gasteiger partial charge in [0, 0.05) is 12.1 Å². The molecule has 1 fully saturated rings. The number of nitrogens with zero attached hydrogens (tertiary/aromatic N) is 2. The van der Waals surface area contributed by atoms with E-state index in [4.69, 9.17) is 4.74 Å². The number of ether oxygens (including phenoxy) is 1. The lowest BCUT2D eigenvalue weighted by Gasteiger charge is -2.28. The molecule has 1 aliphatic rings. The molecule has 168 valence electrons. The highest BCUT2D eigenvalue weighted by Gasteiger charge is 2.44. The lowest BCUT2D eigenvalue weighted by atomic mass is 10.1. The first-order valence-corrected chi connectivity index (χ1v) is 10.8. The molecule has 1 heterocycles. The summed E-state index contributed by atoms with van der Waals surface area (Å²) >= 11 is 0. The second-order valence-electron chi connectivity index (χ2n) is 8.27. The third-order valence-electron chi connectivity index (χ3n) is 5.86. The van der Waals surface area contributed by atoms with Gasteiger partial charge in [0.05, 0.1) is 19.2 Å². The van der Waals surface area contributed by atoms with Gasteiger partial charge < -0.3 is 9.64 Å². The van der Waals surface area contributed by atoms with Gasteiger partial charge in [-0.1, -0.05) is 47.5 Å². The zero-order valence-corrected chi connectivity index (χ0v) is 18.9. The van der Waals surface area contributed by atoms with Gasteiger partial charge in [-0.15, -0.1) is 0 Å². The summed E-state index contributed by atoms with van der Waals surface area (Å²) in [7, 11) is 1.55. The van der Waals surface area contributed by atoms with Gasteiger partial charge in [0.25, 0.3) is 11.8 Å². The van der Waals surface area contributed by atoms with Crippen LogP contribution in [0.1, 0.15) is 33.5 Å². The van der Waals surface area contributed by atoms with Crippen LogP contribution in [-0.2, 0) is 16.1 Å². The number of benzene rings is 3. The van der Waals surface area contributed by atoms with E-state index < -0.39 is 11.9 Å². The van der Waals surface area contributed by atoms with Crippen LogP contribution in [0, 0.1) is 13.8 Å². The third kappa shape index (κ3) is 4.65. The van der Waals surface area contributed by atoms with E-state index in [1.807, 2.05) is 50.2 Å². The standard InChI is InChI=1S/C27H26N2O4/c1-18-4-8-20(9-5-18)17-28(26(31)21-10-6-19(2)7-11-21)24-16-25(30)29(27(24)32)22-12-14-23(33-3)15-13-22/h4-15,24H,16-17H2,1-3H3. The number of carbonyl (C=O) groups is 3. The van der Waals surface area contributed by atoms with Crippen molar-refractivity contribution in [1.82, 2.24) is 4.90 Å². The molecule has 0 N–H and O–H groups in total. The number of anilines is 1. The quantitative estimate of drug-likeness (QED) is 0.534. The van der Waals surface area contributed by atoms with E-state index >= 15 is 0 Å². The van der Waals surface area contributed by atoms with Crippen molar-refractivity contribution in [1.29, 1.82) is 0 Å². The van der Waals surface area contributed by atoms with Crippen molar-refractivity contribution in [2.75, 3.05) is 12.0 Å². The molecule has 4 rings (SSSR count). The Hall–Kier alpha value is -3.93. The van der Waals surface area contributed by atoms with Crippen LogP contribution in [0.5, 0.6) is 5.75 Å². The first-order chi connectivity index (χ1) is 15.9. The molecule has 1 atom stereocenters. The van der Waals surface area contributed by atoms with Crippen molar-refractivity contribution in [3.05, 3.63) is 95.1 Å². The lowest BCUT2D eigenvalue weighted by molar-refractivity contribution is -0.122. The van der Waals surface area contributed by atoms with E-state index in [1.54, 1.807) is 43.5 Å². The van der Waals surface area contributed by atoms with Crippen molar-refractivity contribution in [3.8, 4) is 5.75 Å². The van der Waals surface area contributed by atoms with Gasteiger partial charge in [0.15, 0.2) is 0 Å². The van der Waals surface area contributed by atoms with E-state index in [0.29, 0.717) is 17.0 Å². The monoisotopic (exact) mass is 442 g/mol. The Bertz CT molecular complexity index is 1170. The molecule has 0 bridgehead atoms. The van der Waals surface area contributed by atoms with Crippen LogP contribution >= 0.6 is 0 Å². The first-order valence-electron chi connectivity index (χ1n) is 10.8. The van der Waals surface area contributed by atoms with Crippen LogP contribution in [-0.4, -0.2) is 35.8 Å². The van der Waals surface area contributed by atoms with Crippen LogP contribution in [0.3, 0.4) is 0 Å². The van der Waals surface area contributed by atoms with Crippen molar-refractivity contribution in [3.63, 3.8) is 0 Å². The van der Waals surface area contributed by atoms with Gasteiger partial charge in [-0.05, 0) is 55.8 Å². The molecule has 3 aromatic rings. The topological polar surface area (TPSA) is 66.9 Å². The maximum Gasteiger partial charge on any atom is 0.257 e. The summed E-state index contributed by atoms with van der Waals surface area (Å²) in [5, 5.41) is 0. The Labute approximate surface area is 193 Å². The van der Waals surface area contributed by atoms with Crippen molar-refractivity contribution < 1.29 is 19.1 Å². The Balaban J connectivity index is 1.67. The van der Waals surface area contributed by atoms with Crippen LogP contribution in [0.4, 0.5) is 5.69 Å². The molecule has 0 spiro atoms. The fraction of sp³-hybridized carbons (Fsp3) is 0.222. The number of carbonyl (C=O) groups excluding carboxylic acids is 3. The van der Waals surface area contributed by atoms with Crippen molar-refractivity contribution in [2.24, 2.45) is 0 Å². The molecule has 0 aromatic heterocycles. The molecule has 3 aromatic carbocycles. The van der Waals surface area contributed by atoms with Gasteiger partial charge in [-0.2, -0.15) is 0 Å². The number of imide groups is 1. The Kier molecular flexibility index (Phi) is 6.27. The number of hydrogen-bond acceptors (Lipinski definition) is 4. The highest BCUT2D eigenvalue weighted by Crippen LogP contribution is 2.29. The van der Waals surface area contributed by atoms with E-state index in [-0.39, 0.29) is 24.8 Å². The number of rotatable bonds is 6. The van der Waals surface area contributed by atoms with Gasteiger partial charge in [-0.25, -0.2) is 4.90 Å². The minimum absolute atomic E-state index is 0.0612. The van der Waals surface area contributed by atoms with E-state index in [9.17, 15) is 14.4 Å². The molecule has 6 nitrogen and oxygen atoms in total. The van der Waals surface area contributed by atoms with Crippen molar-refractivity contribution in [2.45, 2.75) is 32.9 Å². The Morgan fingerprint density at radius 1 is 0.909 bits per heavy atom. The minimum atomic E-state index is -0.880. The minimum Gasteiger partial charge on any atom is -0.497 e. The van der Waals surface area contributed by atoms with Gasteiger partial charge in [0.2, 0.25) is 5.91 Å². The molecule has 1 unspecified atom stereocenters. The molecule has 0 radical (unpaired) electrons. The summed E-state index contributed by atoms with van der Waals surface area (Å²) in [4.78, 5) is 42.5. The fourth-order valence-electron chi connectivity index (χ4n) is 3.94. The summed E-state index contributed by atoms with van der Waals surface area (Å²) in [6.07, 6.45) is -0.0612. The number of amides is 3. The fourth-order valence-corrected chi connectivity index (χ4v) is 3.94. The molecule has 33 heavy (non-hydrogen) atoms. The van der Waals surface area contributed by atoms with Crippen LogP contribution in [0.2, 0.25) is 0 Å². The van der Waals surface area contributed by atoms with Crippen LogP contribution < -0.4 is 9.64 Å². The highest BCUT2D eigenvalue weighted by molar-refractivity contribution is 6.23. The average molecular weight is 443 g/mol. The van der Waals surface area contributed by atoms with Crippen molar-refractivity contribution >= 4 is 23.4 Å². The van der Waals surface area contributed by atoms with Gasteiger partial charge in [-0.3, -0.25) is 14.4 Å². The second-order valence-corrected chi connectivity index (χ2v) is 8.27. The maximum absolute atomic E-state index is 13.5. The molecule has 3 amide bonds. The molecular formula is C27H26N2O4. The summed E-state index contributed by atoms with van der Waals surface area (Å²) < 4.78 is 5.17. The smallest absolute Gasteiger partial charge is 0.257 e. The Morgan fingerprint density at radius 3 is 2.06 bits per heavy atom. The van der Waals surface area contributed by atoms with Gasteiger partial charge in [0.1, 0.15) is 11.8 Å². The van der Waals surface area contributed by atoms with E-state index in [1.165, 1.54) is 4.90 Å². The predicted octanol–water partition coefficient (Wildman–Crippen LogP) is 4.29. The van der Waals surface area contributed by atoms with E-state index in [2.05, 4.69) is 0 Å². The van der Waals surface area contributed by atoms with Crippen LogP contribution in [0.25, 0.3) is 0 Å². The SMILES string of the molecule is COc1ccc(N2C(=O)CC(N(Cc3ccc(C)cc3)C(=O)c3ccc(C)cc3)C2=O)cc1. The summed E-state index contributed by atoms with van der Waals surface area (Å²) in [5.41, 5.74) is 3.98.